The number of hydrogen-bond donors (Lipinski definition) is 3. The first-order valence-corrected chi connectivity index (χ1v) is 11.0. The van der Waals surface area contributed by atoms with E-state index in [9.17, 15) is 22.8 Å². The largest absolute Gasteiger partial charge is 0.495 e. The number of hydrogen-bond acceptors (Lipinski definition) is 7. The SMILES string of the molecule is COc1cc(C(=O)NCCSSCCC(=O)O)sc1Br.O=C(O)C(F)(F)F. The molecule has 0 radical (unpaired) electrons. The fourth-order valence-electron chi connectivity index (χ4n) is 1.14. The van der Waals surface area contributed by atoms with Crippen LogP contribution in [0.2, 0.25) is 0 Å². The van der Waals surface area contributed by atoms with Gasteiger partial charge in [0.2, 0.25) is 0 Å². The van der Waals surface area contributed by atoms with E-state index in [0.29, 0.717) is 22.9 Å². The van der Waals surface area contributed by atoms with E-state index in [1.54, 1.807) is 24.0 Å². The molecule has 0 aliphatic carbocycles. The van der Waals surface area contributed by atoms with E-state index in [-0.39, 0.29) is 12.3 Å². The minimum Gasteiger partial charge on any atom is -0.495 e. The van der Waals surface area contributed by atoms with Crippen LogP contribution in [0, 0.1) is 0 Å². The number of nitrogens with one attached hydrogen (secondary N) is 1. The van der Waals surface area contributed by atoms with E-state index >= 15 is 0 Å². The van der Waals surface area contributed by atoms with Gasteiger partial charge in [0.1, 0.15) is 9.54 Å². The third-order valence-electron chi connectivity index (χ3n) is 2.30. The van der Waals surface area contributed by atoms with Crippen LogP contribution in [0.5, 0.6) is 5.75 Å². The number of alkyl halides is 3. The Morgan fingerprint density at radius 2 is 1.81 bits per heavy atom. The predicted octanol–water partition coefficient (Wildman–Crippen LogP) is 3.74. The molecule has 3 N–H and O–H groups in total. The predicted molar refractivity (Wildman–Crippen MR) is 102 cm³/mol. The molecule has 0 atom stereocenters. The molecule has 0 aliphatic rings. The number of rotatable bonds is 9. The highest BCUT2D eigenvalue weighted by Crippen LogP contribution is 2.34. The van der Waals surface area contributed by atoms with Crippen molar-refractivity contribution >= 4 is 66.7 Å². The highest BCUT2D eigenvalue weighted by atomic mass is 79.9. The average molecular weight is 514 g/mol. The summed E-state index contributed by atoms with van der Waals surface area (Å²) in [6.45, 7) is 0.543. The fraction of sp³-hybridized carbons (Fsp3) is 0.462. The zero-order valence-corrected chi connectivity index (χ0v) is 17.7. The van der Waals surface area contributed by atoms with Crippen LogP contribution in [0.4, 0.5) is 13.2 Å². The van der Waals surface area contributed by atoms with Crippen LogP contribution in [0.1, 0.15) is 16.1 Å². The molecule has 0 aliphatic heterocycles. The number of ether oxygens (including phenoxy) is 1. The Labute approximate surface area is 172 Å². The van der Waals surface area contributed by atoms with Gasteiger partial charge in [0.25, 0.3) is 5.91 Å². The van der Waals surface area contributed by atoms with E-state index in [0.717, 1.165) is 9.54 Å². The number of carbonyl (C=O) groups is 3. The van der Waals surface area contributed by atoms with Crippen molar-refractivity contribution in [3.05, 3.63) is 14.7 Å². The zero-order valence-electron chi connectivity index (χ0n) is 13.7. The summed E-state index contributed by atoms with van der Waals surface area (Å²) in [4.78, 5) is 31.6. The molecule has 1 rings (SSSR count). The average Bonchev–Trinajstić information content (AvgIpc) is 2.94. The van der Waals surface area contributed by atoms with Crippen molar-refractivity contribution in [3.63, 3.8) is 0 Å². The summed E-state index contributed by atoms with van der Waals surface area (Å²) in [6, 6.07) is 1.69. The number of carboxylic acid groups (broad SMARTS) is 2. The van der Waals surface area contributed by atoms with Gasteiger partial charge >= 0.3 is 18.1 Å². The highest BCUT2D eigenvalue weighted by molar-refractivity contribution is 9.11. The van der Waals surface area contributed by atoms with Gasteiger partial charge in [-0.3, -0.25) is 9.59 Å². The summed E-state index contributed by atoms with van der Waals surface area (Å²) < 4.78 is 37.6. The molecule has 1 heterocycles. The molecule has 1 amide bonds. The molecule has 7 nitrogen and oxygen atoms in total. The summed E-state index contributed by atoms with van der Waals surface area (Å²) in [5.74, 6) is -1.71. The number of methoxy groups -OCH3 is 1. The molecule has 0 spiro atoms. The van der Waals surface area contributed by atoms with Crippen LogP contribution in [-0.2, 0) is 9.59 Å². The molecule has 154 valence electrons. The van der Waals surface area contributed by atoms with E-state index in [1.807, 2.05) is 0 Å². The molecule has 0 unspecified atom stereocenters. The normalized spacial score (nSPS) is 10.6. The first kappa shape index (κ1) is 25.9. The Morgan fingerprint density at radius 3 is 2.26 bits per heavy atom. The number of thiophene rings is 1. The van der Waals surface area contributed by atoms with E-state index in [2.05, 4.69) is 21.2 Å². The summed E-state index contributed by atoms with van der Waals surface area (Å²) in [5.41, 5.74) is 0. The van der Waals surface area contributed by atoms with Gasteiger partial charge in [0.15, 0.2) is 0 Å². The Kier molecular flexibility index (Phi) is 12.6. The van der Waals surface area contributed by atoms with Gasteiger partial charge in [-0.1, -0.05) is 21.6 Å². The monoisotopic (exact) mass is 513 g/mol. The second kappa shape index (κ2) is 13.1. The third-order valence-corrected chi connectivity index (χ3v) is 6.48. The van der Waals surface area contributed by atoms with Crippen LogP contribution in [0.3, 0.4) is 0 Å². The summed E-state index contributed by atoms with van der Waals surface area (Å²) in [5, 5.41) is 18.4. The zero-order chi connectivity index (χ0) is 21.0. The smallest absolute Gasteiger partial charge is 0.490 e. The lowest BCUT2D eigenvalue weighted by atomic mass is 10.4. The van der Waals surface area contributed by atoms with Crippen LogP contribution < -0.4 is 10.1 Å². The van der Waals surface area contributed by atoms with Crippen molar-refractivity contribution in [2.75, 3.05) is 25.2 Å². The molecule has 0 bridgehead atoms. The molecule has 0 fully saturated rings. The van der Waals surface area contributed by atoms with Gasteiger partial charge in [-0.2, -0.15) is 13.2 Å². The molecule has 0 saturated carbocycles. The molecule has 1 aromatic heterocycles. The summed E-state index contributed by atoms with van der Waals surface area (Å²) >= 11 is 4.65. The van der Waals surface area contributed by atoms with Crippen LogP contribution in [-0.4, -0.2) is 59.4 Å². The van der Waals surface area contributed by atoms with Crippen molar-refractivity contribution in [1.29, 1.82) is 0 Å². The lowest BCUT2D eigenvalue weighted by molar-refractivity contribution is -0.192. The number of aliphatic carboxylic acids is 2. The molecule has 0 aromatic carbocycles. The quantitative estimate of drug-likeness (QED) is 0.338. The van der Waals surface area contributed by atoms with Crippen molar-refractivity contribution in [1.82, 2.24) is 5.32 Å². The number of carboxylic acids is 2. The van der Waals surface area contributed by atoms with Crippen LogP contribution in [0.25, 0.3) is 0 Å². The van der Waals surface area contributed by atoms with Crippen molar-refractivity contribution in [3.8, 4) is 5.75 Å². The van der Waals surface area contributed by atoms with Gasteiger partial charge in [0.05, 0.1) is 18.4 Å². The van der Waals surface area contributed by atoms with Gasteiger partial charge in [-0.25, -0.2) is 4.79 Å². The maximum absolute atomic E-state index is 11.8. The van der Waals surface area contributed by atoms with Gasteiger partial charge in [-0.15, -0.1) is 11.3 Å². The number of amides is 1. The third kappa shape index (κ3) is 12.0. The van der Waals surface area contributed by atoms with Gasteiger partial charge in [0, 0.05) is 24.1 Å². The minimum atomic E-state index is -5.08. The van der Waals surface area contributed by atoms with Crippen molar-refractivity contribution in [2.45, 2.75) is 12.6 Å². The van der Waals surface area contributed by atoms with Crippen molar-refractivity contribution < 1.29 is 42.5 Å². The molecular formula is C13H15BrF3NO6S3. The standard InChI is InChI=1S/C11H14BrNO4S3.C2HF3O2/c1-17-7-6-8(20-10(7)12)11(16)13-3-5-19-18-4-2-9(14)15;3-2(4,5)1(6)7/h6H,2-5H2,1H3,(H,13,16)(H,14,15);(H,6,7). The lowest BCUT2D eigenvalue weighted by Crippen LogP contribution is -2.24. The van der Waals surface area contributed by atoms with Crippen LogP contribution >= 0.6 is 48.9 Å². The van der Waals surface area contributed by atoms with Gasteiger partial charge < -0.3 is 20.3 Å². The van der Waals surface area contributed by atoms with E-state index < -0.39 is 18.1 Å². The van der Waals surface area contributed by atoms with Crippen molar-refractivity contribution in [2.24, 2.45) is 0 Å². The number of halogens is 4. The second-order valence-electron chi connectivity index (χ2n) is 4.30. The lowest BCUT2D eigenvalue weighted by Gasteiger charge is -2.02. The van der Waals surface area contributed by atoms with Crippen LogP contribution in [0.15, 0.2) is 9.85 Å². The Morgan fingerprint density at radius 1 is 1.26 bits per heavy atom. The molecule has 1 aromatic rings. The molecule has 27 heavy (non-hydrogen) atoms. The minimum absolute atomic E-state index is 0.130. The summed E-state index contributed by atoms with van der Waals surface area (Å²) in [7, 11) is 4.61. The van der Waals surface area contributed by atoms with E-state index in [1.165, 1.54) is 22.1 Å². The maximum Gasteiger partial charge on any atom is 0.490 e. The second-order valence-corrected chi connectivity index (χ2v) is 9.37. The molecular weight excluding hydrogens is 499 g/mol. The molecule has 0 saturated heterocycles. The summed E-state index contributed by atoms with van der Waals surface area (Å²) in [6.07, 6.45) is -4.92. The highest BCUT2D eigenvalue weighted by Gasteiger charge is 2.38. The Balaban J connectivity index is 0.000000821. The first-order valence-electron chi connectivity index (χ1n) is 6.86. The topological polar surface area (TPSA) is 113 Å². The first-order chi connectivity index (χ1) is 12.5. The Bertz CT molecular complexity index is 641. The fourth-order valence-corrected chi connectivity index (χ4v) is 4.60. The maximum atomic E-state index is 11.8. The Hall–Kier alpha value is -1.12. The molecule has 14 heteroatoms. The number of carbonyl (C=O) groups excluding carboxylic acids is 1. The van der Waals surface area contributed by atoms with Gasteiger partial charge in [-0.05, 0) is 15.9 Å². The van der Waals surface area contributed by atoms with E-state index in [4.69, 9.17) is 19.7 Å².